The molecule has 172 valence electrons. The van der Waals surface area contributed by atoms with Crippen LogP contribution in [0.1, 0.15) is 25.0 Å². The lowest BCUT2D eigenvalue weighted by Crippen LogP contribution is -2.41. The molecular formula is C24H32IN5O2. The first-order chi connectivity index (χ1) is 15.2. The second-order valence-electron chi connectivity index (χ2n) is 7.18. The highest BCUT2D eigenvalue weighted by molar-refractivity contribution is 14.0. The fourth-order valence-corrected chi connectivity index (χ4v) is 3.13. The van der Waals surface area contributed by atoms with Crippen LogP contribution < -0.4 is 20.1 Å². The second kappa shape index (κ2) is 13.6. The molecule has 0 aliphatic heterocycles. The van der Waals surface area contributed by atoms with Crippen LogP contribution >= 0.6 is 24.0 Å². The zero-order valence-corrected chi connectivity index (χ0v) is 21.2. The number of methoxy groups -OCH3 is 1. The van der Waals surface area contributed by atoms with Crippen LogP contribution in [-0.4, -0.2) is 42.0 Å². The molecule has 1 aromatic heterocycles. The minimum Gasteiger partial charge on any atom is -0.493 e. The van der Waals surface area contributed by atoms with Crippen LogP contribution in [0.2, 0.25) is 0 Å². The Morgan fingerprint density at radius 2 is 1.84 bits per heavy atom. The van der Waals surface area contributed by atoms with Crippen molar-refractivity contribution < 1.29 is 9.47 Å². The number of nitrogens with zero attached hydrogens (tertiary/aromatic N) is 3. The molecule has 1 unspecified atom stereocenters. The molecule has 32 heavy (non-hydrogen) atoms. The molecular weight excluding hydrogens is 517 g/mol. The number of ether oxygens (including phenoxy) is 2. The van der Waals surface area contributed by atoms with Crippen LogP contribution in [0.3, 0.4) is 0 Å². The maximum Gasteiger partial charge on any atom is 0.191 e. The monoisotopic (exact) mass is 549 g/mol. The van der Waals surface area contributed by atoms with Crippen LogP contribution in [0.4, 0.5) is 0 Å². The summed E-state index contributed by atoms with van der Waals surface area (Å²) in [4.78, 5) is 4.73. The molecule has 0 spiro atoms. The van der Waals surface area contributed by atoms with Gasteiger partial charge in [0.1, 0.15) is 6.10 Å². The number of nitrogens with one attached hydrogen (secondary N) is 2. The Morgan fingerprint density at radius 1 is 1.06 bits per heavy atom. The van der Waals surface area contributed by atoms with Crippen molar-refractivity contribution in [3.63, 3.8) is 0 Å². The van der Waals surface area contributed by atoms with Gasteiger partial charge in [-0.1, -0.05) is 36.4 Å². The fourth-order valence-electron chi connectivity index (χ4n) is 3.13. The van der Waals surface area contributed by atoms with E-state index in [1.165, 1.54) is 5.56 Å². The van der Waals surface area contributed by atoms with Crippen LogP contribution in [-0.2, 0) is 13.1 Å². The third-order valence-electron chi connectivity index (χ3n) is 4.61. The van der Waals surface area contributed by atoms with Gasteiger partial charge in [0, 0.05) is 18.9 Å². The van der Waals surface area contributed by atoms with Crippen LogP contribution in [0.15, 0.2) is 72.0 Å². The SMILES string of the molecule is CCNC(=NCc1cccc(Cn2cccn2)c1)NCC(C)Oc1ccccc1OC.I. The third kappa shape index (κ3) is 8.07. The Kier molecular flexibility index (Phi) is 10.9. The summed E-state index contributed by atoms with van der Waals surface area (Å²) in [6, 6.07) is 18.0. The van der Waals surface area contributed by atoms with Crippen molar-refractivity contribution in [2.45, 2.75) is 33.0 Å². The molecule has 8 heteroatoms. The highest BCUT2D eigenvalue weighted by Gasteiger charge is 2.09. The topological polar surface area (TPSA) is 72.7 Å². The van der Waals surface area contributed by atoms with E-state index in [1.807, 2.05) is 48.1 Å². The number of benzene rings is 2. The molecule has 7 nitrogen and oxygen atoms in total. The van der Waals surface area contributed by atoms with Crippen molar-refractivity contribution >= 4 is 29.9 Å². The summed E-state index contributed by atoms with van der Waals surface area (Å²) in [5.74, 6) is 2.22. The molecule has 0 saturated heterocycles. The third-order valence-corrected chi connectivity index (χ3v) is 4.61. The summed E-state index contributed by atoms with van der Waals surface area (Å²) >= 11 is 0. The van der Waals surface area contributed by atoms with Crippen molar-refractivity contribution in [2.24, 2.45) is 4.99 Å². The molecule has 1 atom stereocenters. The molecule has 0 saturated carbocycles. The first kappa shape index (κ1) is 25.5. The molecule has 2 N–H and O–H groups in total. The van der Waals surface area contributed by atoms with Gasteiger partial charge in [-0.3, -0.25) is 4.68 Å². The van der Waals surface area contributed by atoms with Gasteiger partial charge in [-0.2, -0.15) is 5.10 Å². The van der Waals surface area contributed by atoms with E-state index >= 15 is 0 Å². The molecule has 3 rings (SSSR count). The molecule has 1 heterocycles. The van der Waals surface area contributed by atoms with Crippen molar-refractivity contribution in [1.82, 2.24) is 20.4 Å². The average molecular weight is 549 g/mol. The molecule has 0 radical (unpaired) electrons. The van der Waals surface area contributed by atoms with Crippen molar-refractivity contribution in [2.75, 3.05) is 20.2 Å². The van der Waals surface area contributed by atoms with Gasteiger partial charge >= 0.3 is 0 Å². The number of rotatable bonds is 10. The number of aromatic nitrogens is 2. The van der Waals surface area contributed by atoms with E-state index in [9.17, 15) is 0 Å². The van der Waals surface area contributed by atoms with Gasteiger partial charge in [0.2, 0.25) is 0 Å². The Hall–Kier alpha value is -2.75. The lowest BCUT2D eigenvalue weighted by atomic mass is 10.1. The predicted molar refractivity (Wildman–Crippen MR) is 139 cm³/mol. The fraction of sp³-hybridized carbons (Fsp3) is 0.333. The largest absolute Gasteiger partial charge is 0.493 e. The number of hydrogen-bond acceptors (Lipinski definition) is 4. The molecule has 0 fully saturated rings. The summed E-state index contributed by atoms with van der Waals surface area (Å²) in [7, 11) is 1.64. The van der Waals surface area contributed by atoms with E-state index in [2.05, 4.69) is 46.9 Å². The van der Waals surface area contributed by atoms with Crippen LogP contribution in [0.25, 0.3) is 0 Å². The zero-order valence-electron chi connectivity index (χ0n) is 18.8. The normalized spacial score (nSPS) is 11.9. The van der Waals surface area contributed by atoms with Crippen LogP contribution in [0.5, 0.6) is 11.5 Å². The van der Waals surface area contributed by atoms with Crippen LogP contribution in [0, 0.1) is 0 Å². The lowest BCUT2D eigenvalue weighted by molar-refractivity contribution is 0.213. The standard InChI is InChI=1S/C24H31N5O2.HI/c1-4-25-24(26-16-19(2)31-23-12-6-5-11-22(23)30-3)27-17-20-9-7-10-21(15-20)18-29-14-8-13-28-29;/h5-15,19H,4,16-18H2,1-3H3,(H2,25,26,27);1H. The van der Waals surface area contributed by atoms with Crippen molar-refractivity contribution in [3.05, 3.63) is 78.1 Å². The number of hydrogen-bond donors (Lipinski definition) is 2. The van der Waals surface area contributed by atoms with Crippen molar-refractivity contribution in [1.29, 1.82) is 0 Å². The smallest absolute Gasteiger partial charge is 0.191 e. The van der Waals surface area contributed by atoms with E-state index in [0.29, 0.717) is 13.1 Å². The van der Waals surface area contributed by atoms with Gasteiger partial charge < -0.3 is 20.1 Å². The maximum atomic E-state index is 6.01. The van der Waals surface area contributed by atoms with Gasteiger partial charge in [0.05, 0.1) is 26.7 Å². The van der Waals surface area contributed by atoms with Gasteiger partial charge in [0.15, 0.2) is 17.5 Å². The quantitative estimate of drug-likeness (QED) is 0.227. The highest BCUT2D eigenvalue weighted by atomic mass is 127. The number of aliphatic imine (C=N–C) groups is 1. The summed E-state index contributed by atoms with van der Waals surface area (Å²) in [5, 5.41) is 10.9. The predicted octanol–water partition coefficient (Wildman–Crippen LogP) is 4.08. The molecule has 0 bridgehead atoms. The number of para-hydroxylation sites is 2. The number of halogens is 1. The van der Waals surface area contributed by atoms with E-state index < -0.39 is 0 Å². The van der Waals surface area contributed by atoms with E-state index in [-0.39, 0.29) is 30.1 Å². The average Bonchev–Trinajstić information content (AvgIpc) is 3.29. The molecule has 0 amide bonds. The molecule has 3 aromatic rings. The summed E-state index contributed by atoms with van der Waals surface area (Å²) < 4.78 is 13.3. The van der Waals surface area contributed by atoms with Gasteiger partial charge in [-0.05, 0) is 43.2 Å². The summed E-state index contributed by atoms with van der Waals surface area (Å²) in [5.41, 5.74) is 2.35. The number of guanidine groups is 1. The zero-order chi connectivity index (χ0) is 21.9. The summed E-state index contributed by atoms with van der Waals surface area (Å²) in [6.45, 7) is 6.80. The Morgan fingerprint density at radius 3 is 2.56 bits per heavy atom. The minimum absolute atomic E-state index is 0. The van der Waals surface area contributed by atoms with Gasteiger partial charge in [0.25, 0.3) is 0 Å². The van der Waals surface area contributed by atoms with E-state index in [4.69, 9.17) is 14.5 Å². The Balaban J connectivity index is 0.00000363. The van der Waals surface area contributed by atoms with Crippen molar-refractivity contribution in [3.8, 4) is 11.5 Å². The molecule has 2 aromatic carbocycles. The second-order valence-corrected chi connectivity index (χ2v) is 7.18. The Labute approximate surface area is 207 Å². The molecule has 0 aliphatic carbocycles. The van der Waals surface area contributed by atoms with E-state index in [1.54, 1.807) is 13.3 Å². The maximum absolute atomic E-state index is 6.01. The first-order valence-corrected chi connectivity index (χ1v) is 10.5. The minimum atomic E-state index is -0.0578. The van der Waals surface area contributed by atoms with Gasteiger partial charge in [-0.25, -0.2) is 4.99 Å². The summed E-state index contributed by atoms with van der Waals surface area (Å²) in [6.07, 6.45) is 3.70. The van der Waals surface area contributed by atoms with Gasteiger partial charge in [-0.15, -0.1) is 24.0 Å². The van der Waals surface area contributed by atoms with E-state index in [0.717, 1.165) is 36.1 Å². The lowest BCUT2D eigenvalue weighted by Gasteiger charge is -2.19. The highest BCUT2D eigenvalue weighted by Crippen LogP contribution is 2.26. The first-order valence-electron chi connectivity index (χ1n) is 10.5. The molecule has 0 aliphatic rings. The Bertz CT molecular complexity index is 963.